The maximum absolute atomic E-state index is 12.9. The van der Waals surface area contributed by atoms with E-state index in [0.29, 0.717) is 18.4 Å². The Morgan fingerprint density at radius 2 is 2.12 bits per heavy atom. The number of hydrogen-bond acceptors (Lipinski definition) is 2. The van der Waals surface area contributed by atoms with Crippen molar-refractivity contribution < 1.29 is 4.79 Å². The molecule has 3 aromatic rings. The maximum atomic E-state index is 12.9. The van der Waals surface area contributed by atoms with Crippen molar-refractivity contribution >= 4 is 16.8 Å². The largest absolute Gasteiger partial charge is 0.361 e. The van der Waals surface area contributed by atoms with E-state index in [-0.39, 0.29) is 5.91 Å². The molecule has 5 nitrogen and oxygen atoms in total. The van der Waals surface area contributed by atoms with Crippen molar-refractivity contribution in [1.29, 1.82) is 0 Å². The van der Waals surface area contributed by atoms with E-state index < -0.39 is 0 Å². The third kappa shape index (κ3) is 2.62. The molecule has 134 valence electrons. The van der Waals surface area contributed by atoms with Crippen molar-refractivity contribution in [2.45, 2.75) is 44.6 Å². The lowest BCUT2D eigenvalue weighted by Crippen LogP contribution is -2.30. The number of rotatable bonds is 4. The molecule has 2 aromatic heterocycles. The normalized spacial score (nSPS) is 20.2. The van der Waals surface area contributed by atoms with Crippen LogP contribution in [0.1, 0.15) is 48.3 Å². The second-order valence-corrected chi connectivity index (χ2v) is 7.72. The standard InChI is InChI=1S/C21H24N4O/c1-14-11-23-21(15-6-7-15)25(14)17-8-9-24(13-17)20(26)10-16-12-22-19-5-3-2-4-18(16)19/h2-5,11-12,15,17,22H,6-10,13H2,1H3. The summed E-state index contributed by atoms with van der Waals surface area (Å²) in [5.41, 5.74) is 3.41. The highest BCUT2D eigenvalue weighted by Gasteiger charge is 2.34. The number of aromatic nitrogens is 3. The Kier molecular flexibility index (Phi) is 3.62. The first-order valence-corrected chi connectivity index (χ1v) is 9.57. The first kappa shape index (κ1) is 15.7. The number of nitrogens with one attached hydrogen (secondary N) is 1. The fraction of sp³-hybridized carbons (Fsp3) is 0.429. The number of H-pyrrole nitrogens is 1. The van der Waals surface area contributed by atoms with Crippen LogP contribution in [0.2, 0.25) is 0 Å². The van der Waals surface area contributed by atoms with Gasteiger partial charge >= 0.3 is 0 Å². The SMILES string of the molecule is Cc1cnc(C2CC2)n1C1CCN(C(=O)Cc2c[nH]c3ccccc23)C1. The molecule has 1 saturated carbocycles. The number of amides is 1. The summed E-state index contributed by atoms with van der Waals surface area (Å²) < 4.78 is 2.40. The smallest absolute Gasteiger partial charge is 0.227 e. The van der Waals surface area contributed by atoms with E-state index in [1.165, 1.54) is 24.4 Å². The topological polar surface area (TPSA) is 53.9 Å². The number of nitrogens with zero attached hydrogens (tertiary/aromatic N) is 3. The molecule has 26 heavy (non-hydrogen) atoms. The van der Waals surface area contributed by atoms with Gasteiger partial charge in [0.05, 0.1) is 12.5 Å². The van der Waals surface area contributed by atoms with Gasteiger partial charge in [0, 0.05) is 48.0 Å². The molecule has 1 saturated heterocycles. The average molecular weight is 348 g/mol. The number of hydrogen-bond donors (Lipinski definition) is 1. The van der Waals surface area contributed by atoms with E-state index >= 15 is 0 Å². The molecule has 1 amide bonds. The van der Waals surface area contributed by atoms with Gasteiger partial charge in [-0.25, -0.2) is 4.98 Å². The molecule has 1 aliphatic heterocycles. The molecular weight excluding hydrogens is 324 g/mol. The lowest BCUT2D eigenvalue weighted by Gasteiger charge is -2.19. The van der Waals surface area contributed by atoms with E-state index in [9.17, 15) is 4.79 Å². The molecule has 5 heteroatoms. The number of aromatic amines is 1. The van der Waals surface area contributed by atoms with Gasteiger partial charge in [-0.3, -0.25) is 4.79 Å². The van der Waals surface area contributed by atoms with Gasteiger partial charge in [-0.1, -0.05) is 18.2 Å². The number of fused-ring (bicyclic) bond motifs is 1. The maximum Gasteiger partial charge on any atom is 0.227 e. The number of para-hydroxylation sites is 1. The fourth-order valence-corrected chi connectivity index (χ4v) is 4.32. The number of aryl methyl sites for hydroxylation is 1. The van der Waals surface area contributed by atoms with Gasteiger partial charge in [0.2, 0.25) is 5.91 Å². The third-order valence-corrected chi connectivity index (χ3v) is 5.85. The number of likely N-dealkylation sites (tertiary alicyclic amines) is 1. The zero-order chi connectivity index (χ0) is 17.7. The molecule has 2 fully saturated rings. The second kappa shape index (κ2) is 6.01. The van der Waals surface area contributed by atoms with Gasteiger partial charge in [0.15, 0.2) is 0 Å². The minimum atomic E-state index is 0.225. The van der Waals surface area contributed by atoms with Gasteiger partial charge in [0.25, 0.3) is 0 Å². The van der Waals surface area contributed by atoms with Crippen molar-refractivity contribution in [3.63, 3.8) is 0 Å². The van der Waals surface area contributed by atoms with Crippen LogP contribution in [0.4, 0.5) is 0 Å². The summed E-state index contributed by atoms with van der Waals surface area (Å²) >= 11 is 0. The first-order valence-electron chi connectivity index (χ1n) is 9.57. The summed E-state index contributed by atoms with van der Waals surface area (Å²) in [7, 11) is 0. The number of imidazole rings is 1. The summed E-state index contributed by atoms with van der Waals surface area (Å²) in [6.45, 7) is 3.78. The van der Waals surface area contributed by atoms with Crippen LogP contribution in [-0.2, 0) is 11.2 Å². The Bertz CT molecular complexity index is 965. The summed E-state index contributed by atoms with van der Waals surface area (Å²) in [6, 6.07) is 8.55. The highest BCUT2D eigenvalue weighted by Crippen LogP contribution is 2.41. The van der Waals surface area contributed by atoms with E-state index in [1.807, 2.05) is 29.4 Å². The van der Waals surface area contributed by atoms with Crippen LogP contribution in [0.25, 0.3) is 10.9 Å². The Hall–Kier alpha value is -2.56. The Labute approximate surface area is 153 Å². The lowest BCUT2D eigenvalue weighted by molar-refractivity contribution is -0.129. The van der Waals surface area contributed by atoms with Crippen molar-refractivity contribution in [1.82, 2.24) is 19.4 Å². The molecule has 1 aromatic carbocycles. The molecule has 1 N–H and O–H groups in total. The van der Waals surface area contributed by atoms with Crippen molar-refractivity contribution in [2.24, 2.45) is 0 Å². The predicted molar refractivity (Wildman–Crippen MR) is 101 cm³/mol. The quantitative estimate of drug-likeness (QED) is 0.784. The van der Waals surface area contributed by atoms with Crippen LogP contribution >= 0.6 is 0 Å². The van der Waals surface area contributed by atoms with Gasteiger partial charge < -0.3 is 14.5 Å². The molecule has 0 radical (unpaired) electrons. The third-order valence-electron chi connectivity index (χ3n) is 5.85. The summed E-state index contributed by atoms with van der Waals surface area (Å²) in [6.07, 6.45) is 7.97. The summed E-state index contributed by atoms with van der Waals surface area (Å²) in [4.78, 5) is 22.8. The zero-order valence-electron chi connectivity index (χ0n) is 15.1. The average Bonchev–Trinajstić information content (AvgIpc) is 3.06. The Balaban J connectivity index is 1.31. The van der Waals surface area contributed by atoms with E-state index in [4.69, 9.17) is 0 Å². The molecule has 2 aliphatic rings. The van der Waals surface area contributed by atoms with Crippen LogP contribution in [0.5, 0.6) is 0 Å². The molecule has 5 rings (SSSR count). The molecule has 1 unspecified atom stereocenters. The minimum Gasteiger partial charge on any atom is -0.361 e. The molecule has 3 heterocycles. The molecule has 1 aliphatic carbocycles. The Morgan fingerprint density at radius 1 is 1.27 bits per heavy atom. The van der Waals surface area contributed by atoms with Gasteiger partial charge in [-0.2, -0.15) is 0 Å². The van der Waals surface area contributed by atoms with E-state index in [0.717, 1.165) is 36.0 Å². The summed E-state index contributed by atoms with van der Waals surface area (Å²) in [5, 5.41) is 1.15. The predicted octanol–water partition coefficient (Wildman–Crippen LogP) is 3.57. The molecule has 0 bridgehead atoms. The van der Waals surface area contributed by atoms with Crippen LogP contribution in [0, 0.1) is 6.92 Å². The molecule has 0 spiro atoms. The second-order valence-electron chi connectivity index (χ2n) is 7.72. The fourth-order valence-electron chi connectivity index (χ4n) is 4.32. The van der Waals surface area contributed by atoms with Gasteiger partial charge in [0.1, 0.15) is 5.82 Å². The van der Waals surface area contributed by atoms with Gasteiger partial charge in [-0.05, 0) is 37.8 Å². The Morgan fingerprint density at radius 3 is 2.96 bits per heavy atom. The lowest BCUT2D eigenvalue weighted by atomic mass is 10.1. The van der Waals surface area contributed by atoms with Crippen molar-refractivity contribution in [2.75, 3.05) is 13.1 Å². The van der Waals surface area contributed by atoms with Gasteiger partial charge in [-0.15, -0.1) is 0 Å². The molecular formula is C21H24N4O. The highest BCUT2D eigenvalue weighted by molar-refractivity contribution is 5.89. The number of carbonyl (C=O) groups excluding carboxylic acids is 1. The van der Waals surface area contributed by atoms with Crippen molar-refractivity contribution in [3.05, 3.63) is 53.7 Å². The first-order chi connectivity index (χ1) is 12.7. The number of carbonyl (C=O) groups is 1. The zero-order valence-corrected chi connectivity index (χ0v) is 15.1. The monoisotopic (exact) mass is 348 g/mol. The number of benzene rings is 1. The highest BCUT2D eigenvalue weighted by atomic mass is 16.2. The molecule has 1 atom stereocenters. The van der Waals surface area contributed by atoms with Crippen LogP contribution in [0.3, 0.4) is 0 Å². The van der Waals surface area contributed by atoms with Crippen LogP contribution < -0.4 is 0 Å². The van der Waals surface area contributed by atoms with E-state index in [1.54, 1.807) is 0 Å². The summed E-state index contributed by atoms with van der Waals surface area (Å²) in [5.74, 6) is 2.10. The minimum absolute atomic E-state index is 0.225. The van der Waals surface area contributed by atoms with E-state index in [2.05, 4.69) is 33.6 Å². The van der Waals surface area contributed by atoms with Crippen LogP contribution in [0.15, 0.2) is 36.7 Å². The van der Waals surface area contributed by atoms with Crippen LogP contribution in [-0.4, -0.2) is 38.4 Å². The van der Waals surface area contributed by atoms with Crippen molar-refractivity contribution in [3.8, 4) is 0 Å².